The standard InChI is InChI=1S/C45H84N3O13P/c1-5-8-11-14-17-59-43-36-41(37-44(60-18-15-12-9-6-2)45(43)61-19-16-13-10-7-3)38-47-39-42(48-46)40-58-33-32-56-29-28-54-25-24-52-21-20-51-22-23-53-26-27-55-30-31-57-34-35-62(4,49)50/h36-37,39H,5-35,38,40,46H2,1-4H3,(H,49,50). The second-order valence-corrected chi connectivity index (χ2v) is 17.4. The molecule has 1 aromatic carbocycles. The minimum Gasteiger partial charge on any atom is -0.490 e. The fourth-order valence-corrected chi connectivity index (χ4v) is 5.99. The zero-order valence-electron chi connectivity index (χ0n) is 38.8. The molecule has 1 atom stereocenters. The van der Waals surface area contributed by atoms with Crippen LogP contribution in [0.15, 0.2) is 22.2 Å². The molecule has 0 aromatic heterocycles. The predicted molar refractivity (Wildman–Crippen MR) is 246 cm³/mol. The summed E-state index contributed by atoms with van der Waals surface area (Å²) in [6, 6.07) is 4.03. The van der Waals surface area contributed by atoms with Gasteiger partial charge in [-0.25, -0.2) is 0 Å². The van der Waals surface area contributed by atoms with E-state index in [0.29, 0.717) is 142 Å². The van der Waals surface area contributed by atoms with E-state index in [0.717, 1.165) is 44.1 Å². The molecule has 1 aromatic rings. The average molecular weight is 906 g/mol. The molecule has 3 N–H and O–H groups in total. The Morgan fingerprint density at radius 1 is 0.548 bits per heavy atom. The van der Waals surface area contributed by atoms with E-state index in [1.807, 2.05) is 12.1 Å². The van der Waals surface area contributed by atoms with Gasteiger partial charge in [0.1, 0.15) is 5.71 Å². The molecule has 0 saturated heterocycles. The van der Waals surface area contributed by atoms with E-state index in [2.05, 4.69) is 30.9 Å². The van der Waals surface area contributed by atoms with Gasteiger partial charge in [-0.2, -0.15) is 5.10 Å². The lowest BCUT2D eigenvalue weighted by Crippen LogP contribution is -2.17. The maximum atomic E-state index is 11.2. The molecule has 1 unspecified atom stereocenters. The van der Waals surface area contributed by atoms with Gasteiger partial charge in [-0.05, 0) is 37.0 Å². The largest absolute Gasteiger partial charge is 0.490 e. The van der Waals surface area contributed by atoms with Crippen LogP contribution in [0.1, 0.15) is 103 Å². The molecule has 0 bridgehead atoms. The number of hydrogen-bond donors (Lipinski definition) is 2. The molecule has 0 radical (unpaired) electrons. The van der Waals surface area contributed by atoms with E-state index in [1.54, 1.807) is 6.21 Å². The number of benzene rings is 1. The van der Waals surface area contributed by atoms with Gasteiger partial charge >= 0.3 is 0 Å². The number of aliphatic imine (C=N–C) groups is 1. The maximum Gasteiger partial charge on any atom is 0.203 e. The van der Waals surface area contributed by atoms with Crippen molar-refractivity contribution < 1.29 is 61.6 Å². The van der Waals surface area contributed by atoms with Crippen LogP contribution in [0.2, 0.25) is 0 Å². The molecular weight excluding hydrogens is 821 g/mol. The summed E-state index contributed by atoms with van der Waals surface area (Å²) in [6.07, 6.45) is 15.3. The number of ether oxygens (including phenoxy) is 11. The number of hydrazone groups is 1. The van der Waals surface area contributed by atoms with Gasteiger partial charge in [0.2, 0.25) is 5.75 Å². The molecule has 0 amide bonds. The van der Waals surface area contributed by atoms with Crippen LogP contribution >= 0.6 is 7.37 Å². The summed E-state index contributed by atoms with van der Waals surface area (Å²) < 4.78 is 74.2. The van der Waals surface area contributed by atoms with Crippen LogP contribution < -0.4 is 20.1 Å². The monoisotopic (exact) mass is 906 g/mol. The fourth-order valence-electron chi connectivity index (χ4n) is 5.52. The molecule has 0 aliphatic rings. The SMILES string of the molecule is CCCCCCOc1cc(CN=CC(COCCOCCOCCOCCOCCOCCOCCOCCP(C)(=O)O)=NN)cc(OCCCCCC)c1OCCCCCC. The quantitative estimate of drug-likeness (QED) is 0.0215. The van der Waals surface area contributed by atoms with Crippen molar-refractivity contribution in [3.05, 3.63) is 17.7 Å². The summed E-state index contributed by atoms with van der Waals surface area (Å²) in [4.78, 5) is 13.8. The molecule has 0 aliphatic heterocycles. The van der Waals surface area contributed by atoms with Crippen LogP contribution in [-0.2, 0) is 49.0 Å². The minimum absolute atomic E-state index is 0.151. The van der Waals surface area contributed by atoms with Gasteiger partial charge in [-0.15, -0.1) is 0 Å². The lowest BCUT2D eigenvalue weighted by molar-refractivity contribution is -0.0221. The van der Waals surface area contributed by atoms with E-state index in [-0.39, 0.29) is 19.4 Å². The number of rotatable bonds is 47. The van der Waals surface area contributed by atoms with Crippen molar-refractivity contribution in [2.24, 2.45) is 15.9 Å². The molecule has 17 heteroatoms. The van der Waals surface area contributed by atoms with Gasteiger partial charge in [-0.1, -0.05) is 78.6 Å². The molecule has 1 rings (SSSR count). The van der Waals surface area contributed by atoms with Crippen molar-refractivity contribution in [3.63, 3.8) is 0 Å². The van der Waals surface area contributed by atoms with E-state index in [4.69, 9.17) is 57.9 Å². The number of nitrogens with zero attached hydrogens (tertiary/aromatic N) is 2. The van der Waals surface area contributed by atoms with Crippen LogP contribution in [0, 0.1) is 0 Å². The van der Waals surface area contributed by atoms with Gasteiger partial charge in [0.05, 0.1) is 132 Å². The first-order valence-electron chi connectivity index (χ1n) is 23.1. The Labute approximate surface area is 373 Å². The average Bonchev–Trinajstić information content (AvgIpc) is 3.25. The van der Waals surface area contributed by atoms with Crippen LogP contribution in [0.4, 0.5) is 0 Å². The zero-order valence-corrected chi connectivity index (χ0v) is 39.7. The van der Waals surface area contributed by atoms with Crippen molar-refractivity contribution in [2.45, 2.75) is 104 Å². The first-order valence-corrected chi connectivity index (χ1v) is 25.4. The summed E-state index contributed by atoms with van der Waals surface area (Å²) in [5.74, 6) is 7.75. The highest BCUT2D eigenvalue weighted by atomic mass is 31.2. The van der Waals surface area contributed by atoms with Crippen LogP contribution in [-0.4, -0.2) is 155 Å². The summed E-state index contributed by atoms with van der Waals surface area (Å²) in [5.41, 5.74) is 1.47. The van der Waals surface area contributed by atoms with Crippen LogP contribution in [0.25, 0.3) is 0 Å². The van der Waals surface area contributed by atoms with Gasteiger partial charge in [-0.3, -0.25) is 9.56 Å². The van der Waals surface area contributed by atoms with E-state index in [1.165, 1.54) is 45.2 Å². The Morgan fingerprint density at radius 2 is 0.919 bits per heavy atom. The lowest BCUT2D eigenvalue weighted by Gasteiger charge is -2.19. The molecule has 0 aliphatic carbocycles. The summed E-state index contributed by atoms with van der Waals surface area (Å²) in [6.45, 7) is 16.8. The molecule has 362 valence electrons. The van der Waals surface area contributed by atoms with Gasteiger partial charge < -0.3 is 62.8 Å². The third-order valence-corrected chi connectivity index (χ3v) is 10.0. The van der Waals surface area contributed by atoms with Crippen molar-refractivity contribution in [1.29, 1.82) is 0 Å². The second-order valence-electron chi connectivity index (χ2n) is 14.9. The first-order chi connectivity index (χ1) is 30.3. The third-order valence-electron chi connectivity index (χ3n) is 9.02. The molecule has 0 saturated carbocycles. The smallest absolute Gasteiger partial charge is 0.203 e. The van der Waals surface area contributed by atoms with Gasteiger partial charge in [0.25, 0.3) is 0 Å². The Morgan fingerprint density at radius 3 is 1.29 bits per heavy atom. The van der Waals surface area contributed by atoms with Gasteiger partial charge in [0.15, 0.2) is 18.9 Å². The molecule has 0 spiro atoms. The van der Waals surface area contributed by atoms with E-state index in [9.17, 15) is 9.46 Å². The van der Waals surface area contributed by atoms with Crippen LogP contribution in [0.3, 0.4) is 0 Å². The topological polar surface area (TPSA) is 190 Å². The Kier molecular flexibility index (Phi) is 39.6. The highest BCUT2D eigenvalue weighted by Crippen LogP contribution is 2.40. The third kappa shape index (κ3) is 36.0. The van der Waals surface area contributed by atoms with Crippen molar-refractivity contribution in [1.82, 2.24) is 0 Å². The molecule has 62 heavy (non-hydrogen) atoms. The molecular formula is C45H84N3O13P. The summed E-state index contributed by atoms with van der Waals surface area (Å²) >= 11 is 0. The second kappa shape index (κ2) is 42.6. The fraction of sp³-hybridized carbons (Fsp3) is 0.822. The minimum atomic E-state index is -3.02. The molecule has 0 fully saturated rings. The molecule has 0 heterocycles. The van der Waals surface area contributed by atoms with Gasteiger partial charge in [0, 0.05) is 19.0 Å². The molecule has 16 nitrogen and oxygen atoms in total. The summed E-state index contributed by atoms with van der Waals surface area (Å²) in [7, 11) is -3.02. The lowest BCUT2D eigenvalue weighted by atomic mass is 10.1. The summed E-state index contributed by atoms with van der Waals surface area (Å²) in [5, 5.41) is 3.86. The highest BCUT2D eigenvalue weighted by Gasteiger charge is 2.16. The van der Waals surface area contributed by atoms with Crippen molar-refractivity contribution in [2.75, 3.05) is 138 Å². The Balaban J connectivity index is 2.28. The van der Waals surface area contributed by atoms with Crippen LogP contribution in [0.5, 0.6) is 17.2 Å². The zero-order chi connectivity index (χ0) is 45.0. The number of unbranched alkanes of at least 4 members (excludes halogenated alkanes) is 9. The maximum absolute atomic E-state index is 11.2. The predicted octanol–water partition coefficient (Wildman–Crippen LogP) is 7.48. The Hall–Kier alpha value is -2.37. The van der Waals surface area contributed by atoms with Crippen molar-refractivity contribution in [3.8, 4) is 17.2 Å². The van der Waals surface area contributed by atoms with E-state index < -0.39 is 7.37 Å². The number of nitrogens with two attached hydrogens (primary N) is 1. The normalized spacial score (nSPS) is 13.0. The van der Waals surface area contributed by atoms with E-state index >= 15 is 0 Å². The first kappa shape index (κ1) is 57.6. The highest BCUT2D eigenvalue weighted by molar-refractivity contribution is 7.57. The van der Waals surface area contributed by atoms with Crippen molar-refractivity contribution >= 4 is 19.3 Å². The number of hydrogen-bond acceptors (Lipinski definition) is 15. The Bertz CT molecular complexity index is 1240.